The van der Waals surface area contributed by atoms with E-state index in [0.717, 1.165) is 42.3 Å². The number of aryl methyl sites for hydroxylation is 2. The Bertz CT molecular complexity index is 1320. The van der Waals surface area contributed by atoms with Crippen molar-refractivity contribution < 1.29 is 13.2 Å². The number of nitrogens with one attached hydrogen (secondary N) is 1. The van der Waals surface area contributed by atoms with E-state index in [0.29, 0.717) is 18.7 Å². The van der Waals surface area contributed by atoms with Gasteiger partial charge in [-0.1, -0.05) is 24.3 Å². The van der Waals surface area contributed by atoms with E-state index < -0.39 is 10.0 Å². The molecule has 0 aromatic heterocycles. The fourth-order valence-electron chi connectivity index (χ4n) is 4.86. The summed E-state index contributed by atoms with van der Waals surface area (Å²) >= 11 is 0. The first-order valence-corrected chi connectivity index (χ1v) is 12.0. The summed E-state index contributed by atoms with van der Waals surface area (Å²) < 4.78 is 29.2. The smallest absolute Gasteiger partial charge is 0.261 e. The Labute approximate surface area is 175 Å². The average Bonchev–Trinajstić information content (AvgIpc) is 3.38. The highest BCUT2D eigenvalue weighted by molar-refractivity contribution is 7.92. The second-order valence-electron chi connectivity index (χ2n) is 8.52. The lowest BCUT2D eigenvalue weighted by Gasteiger charge is -2.17. The van der Waals surface area contributed by atoms with E-state index >= 15 is 0 Å². The quantitative estimate of drug-likeness (QED) is 0.695. The Morgan fingerprint density at radius 1 is 0.933 bits per heavy atom. The van der Waals surface area contributed by atoms with Crippen LogP contribution in [0.25, 0.3) is 10.8 Å². The highest BCUT2D eigenvalue weighted by atomic mass is 32.2. The normalized spacial score (nSPS) is 17.4. The summed E-state index contributed by atoms with van der Waals surface area (Å²) in [5, 5.41) is 2.13. The SMILES string of the molecule is O=C(C1CC1)N1CCc2cc(S(=O)(=O)Nc3ccc4c5c(cccc35)CC4)ccc21. The largest absolute Gasteiger partial charge is 0.312 e. The summed E-state index contributed by atoms with van der Waals surface area (Å²) in [4.78, 5) is 14.5. The molecule has 30 heavy (non-hydrogen) atoms. The van der Waals surface area contributed by atoms with E-state index in [1.807, 2.05) is 29.2 Å². The maximum atomic E-state index is 13.2. The Balaban J connectivity index is 1.34. The summed E-state index contributed by atoms with van der Waals surface area (Å²) in [6.45, 7) is 0.635. The van der Waals surface area contributed by atoms with Gasteiger partial charge in [0.05, 0.1) is 10.6 Å². The Kier molecular flexibility index (Phi) is 3.78. The van der Waals surface area contributed by atoms with Gasteiger partial charge in [-0.3, -0.25) is 9.52 Å². The van der Waals surface area contributed by atoms with Gasteiger partial charge >= 0.3 is 0 Å². The number of benzene rings is 3. The summed E-state index contributed by atoms with van der Waals surface area (Å²) in [7, 11) is -3.73. The van der Waals surface area contributed by atoms with Gasteiger partial charge in [0.25, 0.3) is 10.0 Å². The molecule has 6 rings (SSSR count). The number of carbonyl (C=O) groups is 1. The Hall–Kier alpha value is -2.86. The van der Waals surface area contributed by atoms with Gasteiger partial charge in [0, 0.05) is 23.5 Å². The minimum atomic E-state index is -3.73. The molecule has 3 aliphatic rings. The topological polar surface area (TPSA) is 66.5 Å². The molecule has 1 saturated carbocycles. The van der Waals surface area contributed by atoms with Crippen LogP contribution in [0.15, 0.2) is 53.4 Å². The van der Waals surface area contributed by atoms with E-state index in [2.05, 4.69) is 10.8 Å². The first-order valence-electron chi connectivity index (χ1n) is 10.5. The van der Waals surface area contributed by atoms with E-state index in [9.17, 15) is 13.2 Å². The van der Waals surface area contributed by atoms with Crippen molar-refractivity contribution >= 4 is 38.1 Å². The molecule has 0 spiro atoms. The van der Waals surface area contributed by atoms with Crippen molar-refractivity contribution in [2.45, 2.75) is 37.0 Å². The van der Waals surface area contributed by atoms with Gasteiger partial charge in [0.2, 0.25) is 5.91 Å². The highest BCUT2D eigenvalue weighted by Gasteiger charge is 2.36. The fourth-order valence-corrected chi connectivity index (χ4v) is 5.99. The number of anilines is 2. The molecule has 0 atom stereocenters. The molecule has 3 aromatic carbocycles. The number of fused-ring (bicyclic) bond motifs is 1. The molecule has 0 unspecified atom stereocenters. The lowest BCUT2D eigenvalue weighted by atomic mass is 10.0. The summed E-state index contributed by atoms with van der Waals surface area (Å²) in [5.41, 5.74) is 4.95. The molecule has 1 heterocycles. The summed E-state index contributed by atoms with van der Waals surface area (Å²) in [6.07, 6.45) is 4.64. The van der Waals surface area contributed by atoms with E-state index in [4.69, 9.17) is 0 Å². The van der Waals surface area contributed by atoms with Crippen molar-refractivity contribution in [1.29, 1.82) is 0 Å². The van der Waals surface area contributed by atoms with Crippen LogP contribution >= 0.6 is 0 Å². The van der Waals surface area contributed by atoms with Gasteiger partial charge in [-0.15, -0.1) is 0 Å². The number of amides is 1. The molecule has 1 N–H and O–H groups in total. The van der Waals surface area contributed by atoms with E-state index in [1.54, 1.807) is 18.2 Å². The van der Waals surface area contributed by atoms with Crippen molar-refractivity contribution in [3.05, 3.63) is 65.2 Å². The summed E-state index contributed by atoms with van der Waals surface area (Å²) in [5.74, 6) is 0.333. The number of carbonyl (C=O) groups excluding carboxylic acids is 1. The second-order valence-corrected chi connectivity index (χ2v) is 10.2. The van der Waals surface area contributed by atoms with Crippen LogP contribution in [-0.4, -0.2) is 20.9 Å². The minimum absolute atomic E-state index is 0.157. The van der Waals surface area contributed by atoms with E-state index in [-0.39, 0.29) is 16.7 Å². The van der Waals surface area contributed by atoms with Crippen LogP contribution in [0.1, 0.15) is 29.5 Å². The minimum Gasteiger partial charge on any atom is -0.312 e. The van der Waals surface area contributed by atoms with E-state index in [1.165, 1.54) is 16.5 Å². The zero-order valence-electron chi connectivity index (χ0n) is 16.5. The van der Waals surface area contributed by atoms with Crippen LogP contribution in [-0.2, 0) is 34.1 Å². The zero-order valence-corrected chi connectivity index (χ0v) is 17.3. The van der Waals surface area contributed by atoms with Crippen molar-refractivity contribution in [1.82, 2.24) is 0 Å². The molecule has 5 nitrogen and oxygen atoms in total. The standard InChI is InChI=1S/C24H22N2O3S/c27-24(17-6-7-17)26-13-12-18-14-19(9-11-22(18)26)30(28,29)25-21-10-8-16-5-4-15-2-1-3-20(21)23(15)16/h1-3,8-11,14,17,25H,4-7,12-13H2. The number of rotatable bonds is 4. The Morgan fingerprint density at radius 2 is 1.73 bits per heavy atom. The van der Waals surface area contributed by atoms with Crippen LogP contribution in [0.5, 0.6) is 0 Å². The predicted molar refractivity (Wildman–Crippen MR) is 117 cm³/mol. The lowest BCUT2D eigenvalue weighted by Crippen LogP contribution is -2.30. The van der Waals surface area contributed by atoms with Crippen LogP contribution in [0, 0.1) is 5.92 Å². The third-order valence-corrected chi connectivity index (χ3v) is 7.93. The first-order chi connectivity index (χ1) is 14.5. The van der Waals surface area contributed by atoms with Gasteiger partial charge in [-0.2, -0.15) is 0 Å². The Morgan fingerprint density at radius 3 is 2.53 bits per heavy atom. The molecule has 3 aromatic rings. The first kappa shape index (κ1) is 18.0. The fraction of sp³-hybridized carbons (Fsp3) is 0.292. The molecular weight excluding hydrogens is 396 g/mol. The molecule has 2 aliphatic carbocycles. The number of nitrogens with zero attached hydrogens (tertiary/aromatic N) is 1. The van der Waals surface area contributed by atoms with Gasteiger partial charge in [-0.05, 0) is 78.4 Å². The average molecular weight is 419 g/mol. The maximum absolute atomic E-state index is 13.2. The van der Waals surface area contributed by atoms with Crippen LogP contribution in [0.3, 0.4) is 0 Å². The van der Waals surface area contributed by atoms with Gasteiger partial charge in [0.1, 0.15) is 0 Å². The van der Waals surface area contributed by atoms with Crippen LogP contribution < -0.4 is 9.62 Å². The molecular formula is C24H22N2O3S. The van der Waals surface area contributed by atoms with Crippen molar-refractivity contribution in [2.24, 2.45) is 5.92 Å². The number of hydrogen-bond donors (Lipinski definition) is 1. The van der Waals surface area contributed by atoms with Crippen LogP contribution in [0.4, 0.5) is 11.4 Å². The molecule has 1 amide bonds. The molecule has 0 saturated heterocycles. The van der Waals surface area contributed by atoms with Crippen LogP contribution in [0.2, 0.25) is 0 Å². The molecule has 0 bridgehead atoms. The van der Waals surface area contributed by atoms with Gasteiger partial charge in [-0.25, -0.2) is 8.42 Å². The molecule has 1 aliphatic heterocycles. The highest BCUT2D eigenvalue weighted by Crippen LogP contribution is 2.38. The lowest BCUT2D eigenvalue weighted by molar-refractivity contribution is -0.119. The number of hydrogen-bond acceptors (Lipinski definition) is 3. The molecule has 152 valence electrons. The third-order valence-electron chi connectivity index (χ3n) is 6.57. The number of sulfonamides is 1. The molecule has 0 radical (unpaired) electrons. The molecule has 1 fully saturated rings. The monoisotopic (exact) mass is 418 g/mol. The predicted octanol–water partition coefficient (Wildman–Crippen LogP) is 4.04. The zero-order chi connectivity index (χ0) is 20.5. The van der Waals surface area contributed by atoms with Gasteiger partial charge < -0.3 is 4.90 Å². The second kappa shape index (κ2) is 6.32. The van der Waals surface area contributed by atoms with Gasteiger partial charge in [0.15, 0.2) is 0 Å². The molecule has 6 heteroatoms. The maximum Gasteiger partial charge on any atom is 0.261 e. The third kappa shape index (κ3) is 2.74. The summed E-state index contributed by atoms with van der Waals surface area (Å²) in [6, 6.07) is 15.1. The van der Waals surface area contributed by atoms with Crippen molar-refractivity contribution in [3.8, 4) is 0 Å². The van der Waals surface area contributed by atoms with Crippen molar-refractivity contribution in [3.63, 3.8) is 0 Å². The van der Waals surface area contributed by atoms with Crippen molar-refractivity contribution in [2.75, 3.05) is 16.2 Å².